The first-order valence-electron chi connectivity index (χ1n) is 12.1. The molecule has 2 atom stereocenters. The SMILES string of the molecule is [2H]Nc1c([2H])c(C(=O)C([2H])([2H])C([2H])([2H])N(C([2H])([2H])[2H])C([2H])([2H])[2H])c2c(c1[2H])C([2H])C([2H])O2. The highest BCUT2D eigenvalue weighted by atomic mass is 16.5. The van der Waals surface area contributed by atoms with E-state index < -0.39 is 85.1 Å². The summed E-state index contributed by atoms with van der Waals surface area (Å²) in [6, 6.07) is -1.63. The number of nitrogens with zero attached hydrogens (tertiary/aromatic N) is 1. The molecule has 0 spiro atoms. The average molecular weight is 249 g/mol. The zero-order valence-corrected chi connectivity index (χ0v) is 8.42. The Morgan fingerprint density at radius 1 is 1.82 bits per heavy atom. The van der Waals surface area contributed by atoms with Crippen LogP contribution in [0.4, 0.5) is 5.69 Å². The van der Waals surface area contributed by atoms with Gasteiger partial charge < -0.3 is 15.4 Å². The number of benzene rings is 1. The molecule has 0 bridgehead atoms. The number of Topliss-reactive ketones (excluding diaryl/α,β-unsaturated/α-hetero) is 1. The lowest BCUT2D eigenvalue weighted by atomic mass is 10.0. The molecule has 2 N–H and O–H groups in total. The summed E-state index contributed by atoms with van der Waals surface area (Å²) in [5.41, 5.74) is -0.448. The molecule has 1 aliphatic heterocycles. The number of hydrogen-bond donors (Lipinski definition) is 1. The minimum Gasteiger partial charge on any atom is -0.492 e. The predicted octanol–water partition coefficient (Wildman–Crippen LogP) is 1.34. The molecular weight excluding hydrogens is 216 g/mol. The van der Waals surface area contributed by atoms with Gasteiger partial charge in [-0.15, -0.1) is 0 Å². The van der Waals surface area contributed by atoms with E-state index >= 15 is 0 Å². The molecule has 0 saturated heterocycles. The van der Waals surface area contributed by atoms with Gasteiger partial charge in [0.25, 0.3) is 0 Å². The van der Waals surface area contributed by atoms with Gasteiger partial charge in [0.05, 0.1) is 16.3 Å². The number of anilines is 1. The van der Waals surface area contributed by atoms with E-state index in [0.717, 1.165) is 0 Å². The smallest absolute Gasteiger partial charge is 0.167 e. The Bertz CT molecular complexity index is 912. The Hall–Kier alpha value is -1.55. The summed E-state index contributed by atoms with van der Waals surface area (Å²) < 4.78 is 120. The number of carbonyl (C=O) groups is 1. The fraction of sp³-hybridized carbons (Fsp3) is 0.462. The molecule has 4 heteroatoms. The van der Waals surface area contributed by atoms with E-state index in [0.29, 0.717) is 0 Å². The van der Waals surface area contributed by atoms with Crippen LogP contribution >= 0.6 is 0 Å². The van der Waals surface area contributed by atoms with Gasteiger partial charge >= 0.3 is 0 Å². The molecular formula is C13H18N2O2. The van der Waals surface area contributed by atoms with Crippen LogP contribution < -0.4 is 10.5 Å². The Balaban J connectivity index is 2.79. The van der Waals surface area contributed by atoms with Crippen LogP contribution in [0.15, 0.2) is 12.1 Å². The number of fused-ring (bicyclic) bond motifs is 1. The number of ketones is 1. The summed E-state index contributed by atoms with van der Waals surface area (Å²) in [7, 11) is 0. The lowest BCUT2D eigenvalue weighted by Gasteiger charge is -2.11. The van der Waals surface area contributed by atoms with Gasteiger partial charge in [0, 0.05) is 45.6 Å². The summed E-state index contributed by atoms with van der Waals surface area (Å²) in [6.45, 7) is -13.1. The molecule has 4 nitrogen and oxygen atoms in total. The fourth-order valence-electron chi connectivity index (χ4n) is 1.28. The Labute approximate surface area is 122 Å². The first-order chi connectivity index (χ1) is 14.2. The minimum absolute atomic E-state index is 0.432. The van der Waals surface area contributed by atoms with Crippen LogP contribution in [0.3, 0.4) is 0 Å². The van der Waals surface area contributed by atoms with E-state index in [2.05, 4.69) is 0 Å². The molecule has 1 aromatic rings. The van der Waals surface area contributed by atoms with Crippen LogP contribution in [0.2, 0.25) is 1.41 Å². The van der Waals surface area contributed by atoms with E-state index in [4.69, 9.17) is 25.3 Å². The molecule has 1 aromatic carbocycles. The molecule has 0 aromatic heterocycles. The highest BCUT2D eigenvalue weighted by Gasteiger charge is 2.21. The zero-order chi connectivity index (χ0) is 25.2. The van der Waals surface area contributed by atoms with E-state index in [1.165, 1.54) is 0 Å². The summed E-state index contributed by atoms with van der Waals surface area (Å²) >= 11 is 0. The van der Waals surface area contributed by atoms with Gasteiger partial charge in [-0.1, -0.05) is 0 Å². The summed E-state index contributed by atoms with van der Waals surface area (Å²) in [4.78, 5) is 12.4. The van der Waals surface area contributed by atoms with Crippen LogP contribution in [0.25, 0.3) is 0 Å². The van der Waals surface area contributed by atoms with Crippen LogP contribution in [-0.2, 0) is 6.40 Å². The first-order valence-corrected chi connectivity index (χ1v) is 4.44. The topological polar surface area (TPSA) is 55.6 Å². The standard InChI is InChI=1S/C13H18N2O2/c1-15(2)5-3-12(16)11-8-10(14)7-9-4-6-17-13(9)11/h7-8H,3-6,14H2,1-2H3/i1D3,2D3,3D2,4D,5D2,6D,7D,8D/hD. The Morgan fingerprint density at radius 3 is 3.47 bits per heavy atom. The molecule has 0 radical (unpaired) electrons. The maximum Gasteiger partial charge on any atom is 0.167 e. The number of nitrogen functional groups attached to an aromatic ring is 1. The van der Waals surface area contributed by atoms with Crippen molar-refractivity contribution < 1.29 is 30.1 Å². The Morgan fingerprint density at radius 2 is 2.71 bits per heavy atom. The molecule has 2 unspecified atom stereocenters. The minimum atomic E-state index is -3.98. The maximum atomic E-state index is 13.2. The normalized spacial score (nSPS) is 38.1. The molecule has 0 amide bonds. The van der Waals surface area contributed by atoms with Crippen molar-refractivity contribution in [2.75, 3.05) is 32.8 Å². The second-order valence-corrected chi connectivity index (χ2v) is 3.06. The van der Waals surface area contributed by atoms with E-state index in [1.54, 1.807) is 5.73 Å². The Kier molecular flexibility index (Phi) is 0.912. The lowest BCUT2D eigenvalue weighted by Crippen LogP contribution is -2.17. The second kappa shape index (κ2) is 4.75. The summed E-state index contributed by atoms with van der Waals surface area (Å²) in [6.07, 6.45) is -5.50. The zero-order valence-electron chi connectivity index (χ0n) is 23.4. The van der Waals surface area contributed by atoms with Crippen molar-refractivity contribution in [2.24, 2.45) is 0 Å². The van der Waals surface area contributed by atoms with Gasteiger partial charge in [-0.25, -0.2) is 0 Å². The average Bonchev–Trinajstić information content (AvgIpc) is 2.86. The number of rotatable bonds is 5. The third-order valence-corrected chi connectivity index (χ3v) is 1.91. The third-order valence-electron chi connectivity index (χ3n) is 1.91. The van der Waals surface area contributed by atoms with Crippen LogP contribution in [0.1, 0.15) is 41.5 Å². The summed E-state index contributed by atoms with van der Waals surface area (Å²) in [5, 5.41) is 0. The van der Waals surface area contributed by atoms with Gasteiger partial charge in [-0.2, -0.15) is 0 Å². The monoisotopic (exact) mass is 249 g/mol. The van der Waals surface area contributed by atoms with Crippen LogP contribution in [0, 0.1) is 0 Å². The lowest BCUT2D eigenvalue weighted by molar-refractivity contribution is 0.0969. The van der Waals surface area contributed by atoms with Crippen molar-refractivity contribution in [2.45, 2.75) is 12.8 Å². The highest BCUT2D eigenvalue weighted by molar-refractivity contribution is 6.00. The molecule has 0 aliphatic carbocycles. The molecule has 1 heterocycles. The van der Waals surface area contributed by atoms with E-state index in [1.807, 2.05) is 0 Å². The van der Waals surface area contributed by atoms with Crippen molar-refractivity contribution in [3.63, 3.8) is 0 Å². The first kappa shape index (κ1) is 3.26. The van der Waals surface area contributed by atoms with Gasteiger partial charge in [-0.3, -0.25) is 4.79 Å². The van der Waals surface area contributed by atoms with Gasteiger partial charge in [0.1, 0.15) is 5.75 Å². The van der Waals surface area contributed by atoms with Gasteiger partial charge in [-0.05, 0) is 26.0 Å². The van der Waals surface area contributed by atoms with Crippen molar-refractivity contribution in [3.8, 4) is 5.75 Å². The van der Waals surface area contributed by atoms with Crippen molar-refractivity contribution in [1.29, 1.82) is 0 Å². The van der Waals surface area contributed by atoms with Gasteiger partial charge in [0.15, 0.2) is 7.20 Å². The van der Waals surface area contributed by atoms with Gasteiger partial charge in [0.2, 0.25) is 0 Å². The molecule has 1 aliphatic rings. The van der Waals surface area contributed by atoms with E-state index in [-0.39, 0.29) is 0 Å². The van der Waals surface area contributed by atoms with Crippen molar-refractivity contribution in [3.05, 3.63) is 23.2 Å². The molecule has 92 valence electrons. The molecule has 17 heavy (non-hydrogen) atoms. The quantitative estimate of drug-likeness (QED) is 0.632. The maximum absolute atomic E-state index is 13.2. The van der Waals surface area contributed by atoms with Crippen molar-refractivity contribution in [1.82, 2.24) is 4.90 Å². The summed E-state index contributed by atoms with van der Waals surface area (Å²) in [5.74, 6) is -2.64. The molecule has 0 saturated carbocycles. The second-order valence-electron chi connectivity index (χ2n) is 3.06. The predicted molar refractivity (Wildman–Crippen MR) is 67.6 cm³/mol. The van der Waals surface area contributed by atoms with Crippen LogP contribution in [0.5, 0.6) is 5.75 Å². The number of nitrogens with two attached hydrogens (primary N) is 1. The fourth-order valence-corrected chi connectivity index (χ4v) is 1.28. The van der Waals surface area contributed by atoms with Crippen LogP contribution in [-0.4, -0.2) is 37.7 Å². The third kappa shape index (κ3) is 2.58. The van der Waals surface area contributed by atoms with Crippen molar-refractivity contribution >= 4 is 11.5 Å². The number of hydrogen-bond acceptors (Lipinski definition) is 4. The van der Waals surface area contributed by atoms with E-state index in [9.17, 15) is 4.79 Å². The molecule has 2 rings (SSSR count). The highest BCUT2D eigenvalue weighted by Crippen LogP contribution is 2.32. The largest absolute Gasteiger partial charge is 0.492 e. The number of ether oxygens (including phenoxy) is 1. The molecule has 0 fully saturated rings. The number of carbonyl (C=O) groups excluding carboxylic acids is 1.